The van der Waals surface area contributed by atoms with Gasteiger partial charge in [-0.25, -0.2) is 14.4 Å². The molecule has 0 aliphatic heterocycles. The molecule has 0 fully saturated rings. The van der Waals surface area contributed by atoms with Gasteiger partial charge in [-0.2, -0.15) is 4.98 Å². The minimum atomic E-state index is -0.240. The summed E-state index contributed by atoms with van der Waals surface area (Å²) in [5.74, 6) is 0.146. The van der Waals surface area contributed by atoms with Crippen molar-refractivity contribution in [1.82, 2.24) is 15.0 Å². The molecule has 18 heavy (non-hydrogen) atoms. The average molecular weight is 286 g/mol. The number of halogens is 3. The Labute approximate surface area is 114 Å². The van der Waals surface area contributed by atoms with Crippen LogP contribution in [0.4, 0.5) is 4.39 Å². The van der Waals surface area contributed by atoms with Gasteiger partial charge in [-0.3, -0.25) is 0 Å². The van der Waals surface area contributed by atoms with Crippen LogP contribution in [0.2, 0.25) is 10.6 Å². The molecule has 2 aromatic rings. The van der Waals surface area contributed by atoms with Crippen molar-refractivity contribution in [2.45, 2.75) is 19.3 Å². The van der Waals surface area contributed by atoms with E-state index in [9.17, 15) is 4.39 Å². The van der Waals surface area contributed by atoms with Crippen LogP contribution in [0, 0.1) is 5.82 Å². The van der Waals surface area contributed by atoms with Crippen LogP contribution in [0.5, 0.6) is 0 Å². The Kier molecular flexibility index (Phi) is 4.09. The van der Waals surface area contributed by atoms with Crippen molar-refractivity contribution in [1.29, 1.82) is 0 Å². The van der Waals surface area contributed by atoms with E-state index in [2.05, 4.69) is 15.0 Å². The zero-order chi connectivity index (χ0) is 13.1. The molecule has 1 aromatic carbocycles. The lowest BCUT2D eigenvalue weighted by Crippen LogP contribution is -2.06. The van der Waals surface area contributed by atoms with E-state index in [4.69, 9.17) is 23.2 Å². The van der Waals surface area contributed by atoms with Gasteiger partial charge in [0.2, 0.25) is 10.6 Å². The summed E-state index contributed by atoms with van der Waals surface area (Å²) in [6.45, 7) is 1.89. The van der Waals surface area contributed by atoms with Gasteiger partial charge in [0, 0.05) is 6.42 Å². The molecule has 0 N–H and O–H groups in total. The van der Waals surface area contributed by atoms with Crippen molar-refractivity contribution in [2.24, 2.45) is 0 Å². The topological polar surface area (TPSA) is 38.7 Å². The third-order valence-corrected chi connectivity index (χ3v) is 2.89. The van der Waals surface area contributed by atoms with Gasteiger partial charge < -0.3 is 0 Å². The SMILES string of the molecule is CC(Cc1nc(Cl)nc(Cl)n1)c1ccccc1F. The van der Waals surface area contributed by atoms with Crippen LogP contribution in [0.1, 0.15) is 24.2 Å². The third-order valence-electron chi connectivity index (χ3n) is 2.55. The Morgan fingerprint density at radius 1 is 1.11 bits per heavy atom. The van der Waals surface area contributed by atoms with Gasteiger partial charge in [0.1, 0.15) is 11.6 Å². The predicted octanol–water partition coefficient (Wildman–Crippen LogP) is 3.66. The van der Waals surface area contributed by atoms with E-state index in [1.54, 1.807) is 18.2 Å². The minimum absolute atomic E-state index is 0.0470. The quantitative estimate of drug-likeness (QED) is 0.864. The van der Waals surface area contributed by atoms with Gasteiger partial charge in [-0.1, -0.05) is 25.1 Å². The van der Waals surface area contributed by atoms with Crippen LogP contribution in [0.3, 0.4) is 0 Å². The summed E-state index contributed by atoms with van der Waals surface area (Å²) in [6, 6.07) is 6.62. The first-order valence-corrected chi connectivity index (χ1v) is 6.12. The molecule has 2 rings (SSSR count). The highest BCUT2D eigenvalue weighted by molar-refractivity contribution is 6.30. The van der Waals surface area contributed by atoms with Crippen LogP contribution < -0.4 is 0 Å². The maximum absolute atomic E-state index is 13.6. The Morgan fingerprint density at radius 2 is 1.72 bits per heavy atom. The van der Waals surface area contributed by atoms with Crippen LogP contribution in [-0.2, 0) is 6.42 Å². The fourth-order valence-electron chi connectivity index (χ4n) is 1.71. The van der Waals surface area contributed by atoms with Gasteiger partial charge in [0.15, 0.2) is 0 Å². The first-order chi connectivity index (χ1) is 8.56. The molecule has 0 saturated carbocycles. The minimum Gasteiger partial charge on any atom is -0.207 e. The highest BCUT2D eigenvalue weighted by Crippen LogP contribution is 2.22. The van der Waals surface area contributed by atoms with Crippen molar-refractivity contribution in [3.8, 4) is 0 Å². The normalized spacial score (nSPS) is 12.4. The molecule has 1 heterocycles. The van der Waals surface area contributed by atoms with Crippen LogP contribution >= 0.6 is 23.2 Å². The molecule has 0 spiro atoms. The number of hydrogen-bond acceptors (Lipinski definition) is 3. The summed E-state index contributed by atoms with van der Waals surface area (Å²) in [4.78, 5) is 11.6. The zero-order valence-electron chi connectivity index (χ0n) is 9.57. The lowest BCUT2D eigenvalue weighted by molar-refractivity contribution is 0.582. The molecule has 0 bridgehead atoms. The molecule has 0 aliphatic rings. The van der Waals surface area contributed by atoms with E-state index in [1.807, 2.05) is 6.92 Å². The number of aromatic nitrogens is 3. The molecule has 1 aromatic heterocycles. The Balaban J connectivity index is 2.21. The highest BCUT2D eigenvalue weighted by Gasteiger charge is 2.13. The molecule has 6 heteroatoms. The lowest BCUT2D eigenvalue weighted by Gasteiger charge is -2.11. The van der Waals surface area contributed by atoms with Crippen molar-refractivity contribution in [3.05, 3.63) is 52.0 Å². The second kappa shape index (κ2) is 5.59. The summed E-state index contributed by atoms with van der Waals surface area (Å²) >= 11 is 11.4. The van der Waals surface area contributed by atoms with Crippen molar-refractivity contribution < 1.29 is 4.39 Å². The third kappa shape index (κ3) is 3.15. The van der Waals surface area contributed by atoms with Gasteiger partial charge in [-0.05, 0) is 40.7 Å². The van der Waals surface area contributed by atoms with Crippen LogP contribution in [0.25, 0.3) is 0 Å². The second-order valence-corrected chi connectivity index (χ2v) is 4.59. The fraction of sp³-hybridized carbons (Fsp3) is 0.250. The van der Waals surface area contributed by atoms with E-state index >= 15 is 0 Å². The smallest absolute Gasteiger partial charge is 0.207 e. The van der Waals surface area contributed by atoms with Gasteiger partial charge in [-0.15, -0.1) is 0 Å². The van der Waals surface area contributed by atoms with Crippen molar-refractivity contribution in [2.75, 3.05) is 0 Å². The summed E-state index contributed by atoms with van der Waals surface area (Å²) in [6.07, 6.45) is 0.447. The number of benzene rings is 1. The standard InChI is InChI=1S/C12H10Cl2FN3/c1-7(8-4-2-3-5-9(8)15)6-10-16-11(13)18-12(14)17-10/h2-5,7H,6H2,1H3. The molecular formula is C12H10Cl2FN3. The highest BCUT2D eigenvalue weighted by atomic mass is 35.5. The van der Waals surface area contributed by atoms with Gasteiger partial charge in [0.25, 0.3) is 0 Å². The number of hydrogen-bond donors (Lipinski definition) is 0. The Morgan fingerprint density at radius 3 is 2.33 bits per heavy atom. The maximum Gasteiger partial charge on any atom is 0.226 e. The first kappa shape index (κ1) is 13.2. The number of rotatable bonds is 3. The fourth-order valence-corrected chi connectivity index (χ4v) is 2.11. The number of nitrogens with zero attached hydrogens (tertiary/aromatic N) is 3. The molecule has 0 amide bonds. The molecule has 0 aliphatic carbocycles. The first-order valence-electron chi connectivity index (χ1n) is 5.36. The Bertz CT molecular complexity index is 543. The predicted molar refractivity (Wildman–Crippen MR) is 68.4 cm³/mol. The largest absolute Gasteiger partial charge is 0.226 e. The summed E-state index contributed by atoms with van der Waals surface area (Å²) in [5.41, 5.74) is 0.616. The molecule has 94 valence electrons. The lowest BCUT2D eigenvalue weighted by atomic mass is 9.97. The average Bonchev–Trinajstić information content (AvgIpc) is 2.27. The Hall–Kier alpha value is -1.26. The van der Waals surface area contributed by atoms with Crippen LogP contribution in [-0.4, -0.2) is 15.0 Å². The van der Waals surface area contributed by atoms with E-state index in [0.717, 1.165) is 0 Å². The van der Waals surface area contributed by atoms with Gasteiger partial charge in [0.05, 0.1) is 0 Å². The summed E-state index contributed by atoms with van der Waals surface area (Å²) in [7, 11) is 0. The second-order valence-electron chi connectivity index (χ2n) is 3.92. The van der Waals surface area contributed by atoms with E-state index in [0.29, 0.717) is 17.8 Å². The van der Waals surface area contributed by atoms with Crippen LogP contribution in [0.15, 0.2) is 24.3 Å². The molecule has 0 radical (unpaired) electrons. The zero-order valence-corrected chi connectivity index (χ0v) is 11.1. The van der Waals surface area contributed by atoms with Crippen molar-refractivity contribution in [3.63, 3.8) is 0 Å². The summed E-state index contributed by atoms with van der Waals surface area (Å²) in [5, 5.41) is 0.0940. The molecular weight excluding hydrogens is 276 g/mol. The molecule has 1 atom stereocenters. The monoisotopic (exact) mass is 285 g/mol. The molecule has 0 saturated heterocycles. The molecule has 3 nitrogen and oxygen atoms in total. The van der Waals surface area contributed by atoms with E-state index in [1.165, 1.54) is 6.07 Å². The maximum atomic E-state index is 13.6. The van der Waals surface area contributed by atoms with Crippen molar-refractivity contribution >= 4 is 23.2 Å². The molecule has 1 unspecified atom stereocenters. The van der Waals surface area contributed by atoms with Gasteiger partial charge >= 0.3 is 0 Å². The van der Waals surface area contributed by atoms with E-state index < -0.39 is 0 Å². The van der Waals surface area contributed by atoms with E-state index in [-0.39, 0.29) is 22.3 Å². The summed E-state index contributed by atoms with van der Waals surface area (Å²) < 4.78 is 13.6.